The van der Waals surface area contributed by atoms with E-state index in [2.05, 4.69) is 10.1 Å². The molecule has 0 saturated heterocycles. The second-order valence-corrected chi connectivity index (χ2v) is 6.77. The van der Waals surface area contributed by atoms with Gasteiger partial charge in [-0.2, -0.15) is 5.10 Å². The molecular formula is C18H18N4O3S. The molecule has 8 heteroatoms. The number of furan rings is 1. The molecule has 7 nitrogen and oxygen atoms in total. The fourth-order valence-electron chi connectivity index (χ4n) is 2.31. The largest absolute Gasteiger partial charge is 0.460 e. The first kappa shape index (κ1) is 17.8. The predicted molar refractivity (Wildman–Crippen MR) is 102 cm³/mol. The van der Waals surface area contributed by atoms with Gasteiger partial charge in [0.05, 0.1) is 16.8 Å². The van der Waals surface area contributed by atoms with Crippen LogP contribution in [0.5, 0.6) is 0 Å². The molecule has 2 heterocycles. The van der Waals surface area contributed by atoms with Gasteiger partial charge in [-0.1, -0.05) is 0 Å². The van der Waals surface area contributed by atoms with Gasteiger partial charge in [-0.25, -0.2) is 4.68 Å². The fraction of sp³-hybridized carbons (Fsp3) is 0.222. The molecule has 3 rings (SSSR count). The maximum absolute atomic E-state index is 10.9. The average Bonchev–Trinajstić information content (AvgIpc) is 3.18. The van der Waals surface area contributed by atoms with Crippen LogP contribution in [0.4, 0.5) is 5.69 Å². The summed E-state index contributed by atoms with van der Waals surface area (Å²) in [6.45, 7) is 5.86. The lowest BCUT2D eigenvalue weighted by Crippen LogP contribution is -2.14. The molecule has 0 radical (unpaired) electrons. The predicted octanol–water partition coefficient (Wildman–Crippen LogP) is 4.22. The van der Waals surface area contributed by atoms with Crippen LogP contribution in [0.1, 0.15) is 25.4 Å². The molecule has 0 aliphatic heterocycles. The smallest absolute Gasteiger partial charge is 0.269 e. The van der Waals surface area contributed by atoms with Gasteiger partial charge in [0, 0.05) is 29.1 Å². The first-order valence-electron chi connectivity index (χ1n) is 8.04. The monoisotopic (exact) mass is 370 g/mol. The highest BCUT2D eigenvalue weighted by molar-refractivity contribution is 7.07. The number of hydrogen-bond donors (Lipinski definition) is 0. The lowest BCUT2D eigenvalue weighted by molar-refractivity contribution is -0.384. The van der Waals surface area contributed by atoms with Gasteiger partial charge in [-0.15, -0.1) is 11.3 Å². The van der Waals surface area contributed by atoms with E-state index in [4.69, 9.17) is 4.42 Å². The van der Waals surface area contributed by atoms with Crippen LogP contribution in [0, 0.1) is 17.0 Å². The van der Waals surface area contributed by atoms with Crippen molar-refractivity contribution in [2.75, 3.05) is 0 Å². The number of nitro benzene ring substituents is 1. The number of rotatable bonds is 5. The third kappa shape index (κ3) is 3.97. The number of nitrogens with zero attached hydrogens (tertiary/aromatic N) is 4. The topological polar surface area (TPSA) is 85.9 Å². The van der Waals surface area contributed by atoms with E-state index in [1.807, 2.05) is 38.3 Å². The zero-order valence-electron chi connectivity index (χ0n) is 14.6. The van der Waals surface area contributed by atoms with Crippen molar-refractivity contribution < 1.29 is 9.34 Å². The highest BCUT2D eigenvalue weighted by atomic mass is 32.1. The van der Waals surface area contributed by atoms with Gasteiger partial charge in [0.15, 0.2) is 0 Å². The Morgan fingerprint density at radius 2 is 1.96 bits per heavy atom. The number of nitro groups is 1. The van der Waals surface area contributed by atoms with Gasteiger partial charge >= 0.3 is 0 Å². The van der Waals surface area contributed by atoms with Crippen molar-refractivity contribution in [3.63, 3.8) is 0 Å². The van der Waals surface area contributed by atoms with Gasteiger partial charge in [0.2, 0.25) is 4.80 Å². The number of non-ortho nitro benzene ring substituents is 1. The quantitative estimate of drug-likeness (QED) is 0.383. The van der Waals surface area contributed by atoms with Gasteiger partial charge in [0.25, 0.3) is 5.69 Å². The second kappa shape index (κ2) is 7.49. The summed E-state index contributed by atoms with van der Waals surface area (Å²) in [4.78, 5) is 15.8. The van der Waals surface area contributed by atoms with E-state index in [0.29, 0.717) is 5.76 Å². The standard InChI is InChI=1S/C18H18N4O3S/c1-12(2)20-18-21(19-10-16-9-4-13(3)25-16)17(11-26-18)14-5-7-15(8-6-14)22(23)24/h4-12H,1-3H3. The summed E-state index contributed by atoms with van der Waals surface area (Å²) >= 11 is 1.47. The molecule has 0 fully saturated rings. The molecule has 1 aromatic carbocycles. The Bertz CT molecular complexity index is 1010. The number of aromatic nitrogens is 1. The van der Waals surface area contributed by atoms with Crippen molar-refractivity contribution in [2.45, 2.75) is 26.8 Å². The average molecular weight is 370 g/mol. The zero-order valence-corrected chi connectivity index (χ0v) is 15.4. The minimum atomic E-state index is -0.414. The van der Waals surface area contributed by atoms with Crippen LogP contribution >= 0.6 is 11.3 Å². The Morgan fingerprint density at radius 1 is 1.23 bits per heavy atom. The highest BCUT2D eigenvalue weighted by Crippen LogP contribution is 2.23. The minimum absolute atomic E-state index is 0.0529. The molecule has 134 valence electrons. The summed E-state index contributed by atoms with van der Waals surface area (Å²) in [6, 6.07) is 10.2. The Balaban J connectivity index is 2.06. The van der Waals surface area contributed by atoms with Crippen molar-refractivity contribution >= 4 is 23.2 Å². The van der Waals surface area contributed by atoms with Crippen LogP contribution in [0.3, 0.4) is 0 Å². The van der Waals surface area contributed by atoms with Gasteiger partial charge in [-0.05, 0) is 45.0 Å². The summed E-state index contributed by atoms with van der Waals surface area (Å²) in [5.74, 6) is 1.45. The van der Waals surface area contributed by atoms with E-state index in [1.54, 1.807) is 23.0 Å². The van der Waals surface area contributed by atoms with E-state index in [9.17, 15) is 10.1 Å². The van der Waals surface area contributed by atoms with Crippen molar-refractivity contribution in [1.29, 1.82) is 0 Å². The van der Waals surface area contributed by atoms with Gasteiger partial charge in [-0.3, -0.25) is 15.1 Å². The van der Waals surface area contributed by atoms with Gasteiger partial charge < -0.3 is 4.42 Å². The first-order valence-corrected chi connectivity index (χ1v) is 8.92. The van der Waals surface area contributed by atoms with E-state index in [1.165, 1.54) is 23.5 Å². The molecule has 0 aliphatic carbocycles. The van der Waals surface area contributed by atoms with E-state index < -0.39 is 4.92 Å². The molecule has 0 saturated carbocycles. The number of thiazole rings is 1. The molecule has 26 heavy (non-hydrogen) atoms. The van der Waals surface area contributed by atoms with Crippen molar-refractivity contribution in [1.82, 2.24) is 4.68 Å². The molecular weight excluding hydrogens is 352 g/mol. The third-order valence-electron chi connectivity index (χ3n) is 3.49. The Morgan fingerprint density at radius 3 is 2.54 bits per heavy atom. The van der Waals surface area contributed by atoms with Gasteiger partial charge in [0.1, 0.15) is 11.5 Å². The fourth-order valence-corrected chi connectivity index (χ4v) is 3.28. The Hall–Kier alpha value is -3.00. The molecule has 0 aliphatic rings. The summed E-state index contributed by atoms with van der Waals surface area (Å²) in [7, 11) is 0. The van der Waals surface area contributed by atoms with Crippen molar-refractivity contribution in [3.05, 3.63) is 68.2 Å². The molecule has 0 amide bonds. The van der Waals surface area contributed by atoms with Crippen LogP contribution < -0.4 is 4.80 Å². The van der Waals surface area contributed by atoms with Crippen LogP contribution in [-0.4, -0.2) is 21.9 Å². The van der Waals surface area contributed by atoms with E-state index in [-0.39, 0.29) is 11.7 Å². The maximum atomic E-state index is 10.9. The van der Waals surface area contributed by atoms with Crippen LogP contribution in [0.15, 0.2) is 56.3 Å². The first-order chi connectivity index (χ1) is 12.4. The van der Waals surface area contributed by atoms with E-state index >= 15 is 0 Å². The van der Waals surface area contributed by atoms with Crippen molar-refractivity contribution in [2.24, 2.45) is 10.1 Å². The normalized spacial score (nSPS) is 12.4. The lowest BCUT2D eigenvalue weighted by atomic mass is 10.1. The lowest BCUT2D eigenvalue weighted by Gasteiger charge is -2.04. The Kier molecular flexibility index (Phi) is 5.13. The molecule has 3 aromatic rings. The van der Waals surface area contributed by atoms with Crippen molar-refractivity contribution in [3.8, 4) is 11.3 Å². The summed E-state index contributed by atoms with van der Waals surface area (Å²) in [5.41, 5.74) is 1.69. The molecule has 0 bridgehead atoms. The molecule has 0 atom stereocenters. The molecule has 0 N–H and O–H groups in total. The van der Waals surface area contributed by atoms with Crippen LogP contribution in [0.2, 0.25) is 0 Å². The molecule has 2 aromatic heterocycles. The maximum Gasteiger partial charge on any atom is 0.269 e. The SMILES string of the molecule is Cc1ccc(C=Nn2c(-c3ccc([N+](=O)[O-])cc3)csc2=NC(C)C)o1. The molecule has 0 unspecified atom stereocenters. The summed E-state index contributed by atoms with van der Waals surface area (Å²) in [5, 5.41) is 17.3. The highest BCUT2D eigenvalue weighted by Gasteiger charge is 2.11. The second-order valence-electron chi connectivity index (χ2n) is 5.94. The minimum Gasteiger partial charge on any atom is -0.460 e. The summed E-state index contributed by atoms with van der Waals surface area (Å²) in [6.07, 6.45) is 1.63. The van der Waals surface area contributed by atoms with E-state index in [0.717, 1.165) is 21.8 Å². The summed E-state index contributed by atoms with van der Waals surface area (Å²) < 4.78 is 7.25. The number of benzene rings is 1. The number of hydrogen-bond acceptors (Lipinski definition) is 6. The molecule has 0 spiro atoms. The van der Waals surface area contributed by atoms with Crippen LogP contribution in [0.25, 0.3) is 11.3 Å². The zero-order chi connectivity index (χ0) is 18.7. The Labute approximate surface area is 154 Å². The van der Waals surface area contributed by atoms with Crippen LogP contribution in [-0.2, 0) is 0 Å². The number of aryl methyl sites for hydroxylation is 1. The third-order valence-corrected chi connectivity index (χ3v) is 4.32.